The number of amides is 3. The predicted molar refractivity (Wildman–Crippen MR) is 87.9 cm³/mol. The zero-order chi connectivity index (χ0) is 18.7. The SMILES string of the molecule is O=C1CCN(c2ccc(Cc3cccc(OC(F)(F)F)c3)cc2)C(=O)N1. The molecule has 136 valence electrons. The van der Waals surface area contributed by atoms with E-state index in [1.54, 1.807) is 30.3 Å². The van der Waals surface area contributed by atoms with Crippen molar-refractivity contribution in [2.45, 2.75) is 19.2 Å². The fraction of sp³-hybridized carbons (Fsp3) is 0.222. The number of rotatable bonds is 4. The minimum atomic E-state index is -4.73. The molecule has 2 aromatic rings. The van der Waals surface area contributed by atoms with Crippen LogP contribution in [0.1, 0.15) is 17.5 Å². The van der Waals surface area contributed by atoms with Gasteiger partial charge in [0.05, 0.1) is 0 Å². The Morgan fingerprint density at radius 3 is 2.42 bits per heavy atom. The zero-order valence-corrected chi connectivity index (χ0v) is 13.5. The number of hydrogen-bond donors (Lipinski definition) is 1. The summed E-state index contributed by atoms with van der Waals surface area (Å²) in [5, 5.41) is 2.25. The number of urea groups is 1. The molecule has 0 aromatic heterocycles. The van der Waals surface area contributed by atoms with Gasteiger partial charge in [-0.05, 0) is 41.8 Å². The number of halogens is 3. The molecule has 1 heterocycles. The number of alkyl halides is 3. The lowest BCUT2D eigenvalue weighted by molar-refractivity contribution is -0.274. The van der Waals surface area contributed by atoms with Crippen molar-refractivity contribution >= 4 is 17.6 Å². The first-order valence-corrected chi connectivity index (χ1v) is 7.85. The second-order valence-electron chi connectivity index (χ2n) is 5.79. The molecule has 1 saturated heterocycles. The molecule has 2 aromatic carbocycles. The van der Waals surface area contributed by atoms with E-state index >= 15 is 0 Å². The fourth-order valence-electron chi connectivity index (χ4n) is 2.69. The molecule has 5 nitrogen and oxygen atoms in total. The Bertz CT molecular complexity index is 819. The summed E-state index contributed by atoms with van der Waals surface area (Å²) in [7, 11) is 0. The van der Waals surface area contributed by atoms with E-state index in [0.29, 0.717) is 24.2 Å². The Kier molecular flexibility index (Phi) is 4.83. The van der Waals surface area contributed by atoms with Crippen molar-refractivity contribution in [3.63, 3.8) is 0 Å². The van der Waals surface area contributed by atoms with Crippen molar-refractivity contribution in [2.75, 3.05) is 11.4 Å². The van der Waals surface area contributed by atoms with Gasteiger partial charge in [-0.25, -0.2) is 4.79 Å². The summed E-state index contributed by atoms with van der Waals surface area (Å²) in [6.07, 6.45) is -4.07. The fourth-order valence-corrected chi connectivity index (χ4v) is 2.69. The van der Waals surface area contributed by atoms with Crippen molar-refractivity contribution in [2.24, 2.45) is 0 Å². The quantitative estimate of drug-likeness (QED) is 0.902. The van der Waals surface area contributed by atoms with E-state index < -0.39 is 12.4 Å². The highest BCUT2D eigenvalue weighted by atomic mass is 19.4. The third-order valence-electron chi connectivity index (χ3n) is 3.84. The van der Waals surface area contributed by atoms with Crippen LogP contribution in [0.5, 0.6) is 5.75 Å². The van der Waals surface area contributed by atoms with Gasteiger partial charge in [-0.15, -0.1) is 13.2 Å². The van der Waals surface area contributed by atoms with E-state index in [1.165, 1.54) is 23.1 Å². The Balaban J connectivity index is 1.69. The molecule has 1 fully saturated rings. The lowest BCUT2D eigenvalue weighted by atomic mass is 10.0. The molecule has 0 spiro atoms. The summed E-state index contributed by atoms with van der Waals surface area (Å²) < 4.78 is 40.8. The molecule has 0 atom stereocenters. The molecule has 8 heteroatoms. The molecule has 1 aliphatic rings. The Labute approximate surface area is 147 Å². The molecule has 0 saturated carbocycles. The smallest absolute Gasteiger partial charge is 0.406 e. The average molecular weight is 364 g/mol. The number of imide groups is 1. The minimum absolute atomic E-state index is 0.236. The molecule has 0 aliphatic carbocycles. The minimum Gasteiger partial charge on any atom is -0.406 e. The molecule has 0 bridgehead atoms. The summed E-state index contributed by atoms with van der Waals surface area (Å²) in [4.78, 5) is 24.5. The molecular formula is C18H15F3N2O3. The first-order valence-electron chi connectivity index (χ1n) is 7.85. The maximum atomic E-state index is 12.3. The van der Waals surface area contributed by atoms with Crippen LogP contribution < -0.4 is 15.0 Å². The van der Waals surface area contributed by atoms with Gasteiger partial charge in [0.15, 0.2) is 0 Å². The first-order chi connectivity index (χ1) is 12.3. The summed E-state index contributed by atoms with van der Waals surface area (Å²) >= 11 is 0. The van der Waals surface area contributed by atoms with Crippen LogP contribution in [0.25, 0.3) is 0 Å². The van der Waals surface area contributed by atoms with Crippen molar-refractivity contribution < 1.29 is 27.5 Å². The van der Waals surface area contributed by atoms with Gasteiger partial charge in [0, 0.05) is 18.7 Å². The molecule has 3 amide bonds. The monoisotopic (exact) mass is 364 g/mol. The topological polar surface area (TPSA) is 58.6 Å². The number of hydrogen-bond acceptors (Lipinski definition) is 3. The Hall–Kier alpha value is -3.03. The van der Waals surface area contributed by atoms with Crippen molar-refractivity contribution in [3.05, 3.63) is 59.7 Å². The van der Waals surface area contributed by atoms with E-state index in [9.17, 15) is 22.8 Å². The number of nitrogens with zero attached hydrogens (tertiary/aromatic N) is 1. The Morgan fingerprint density at radius 1 is 1.04 bits per heavy atom. The van der Waals surface area contributed by atoms with Gasteiger partial charge in [0.2, 0.25) is 5.91 Å². The third-order valence-corrected chi connectivity index (χ3v) is 3.84. The number of nitrogens with one attached hydrogen (secondary N) is 1. The van der Waals surface area contributed by atoms with E-state index in [2.05, 4.69) is 10.1 Å². The predicted octanol–water partition coefficient (Wildman–Crippen LogP) is 3.62. The van der Waals surface area contributed by atoms with Crippen LogP contribution in [0.2, 0.25) is 0 Å². The maximum Gasteiger partial charge on any atom is 0.573 e. The van der Waals surface area contributed by atoms with Gasteiger partial charge in [0.1, 0.15) is 5.75 Å². The number of carbonyl (C=O) groups is 2. The number of benzene rings is 2. The third kappa shape index (κ3) is 4.53. The van der Waals surface area contributed by atoms with E-state index in [4.69, 9.17) is 0 Å². The standard InChI is InChI=1S/C18H15F3N2O3/c19-18(20,21)26-15-3-1-2-13(11-15)10-12-4-6-14(7-5-12)23-9-8-16(24)22-17(23)25/h1-7,11H,8-10H2,(H,22,24,25). The van der Waals surface area contributed by atoms with E-state index in [1.807, 2.05) is 0 Å². The van der Waals surface area contributed by atoms with Crippen LogP contribution in [0.3, 0.4) is 0 Å². The number of ether oxygens (including phenoxy) is 1. The van der Waals surface area contributed by atoms with Gasteiger partial charge < -0.3 is 4.74 Å². The van der Waals surface area contributed by atoms with Gasteiger partial charge in [-0.2, -0.15) is 0 Å². The normalized spacial score (nSPS) is 15.0. The van der Waals surface area contributed by atoms with Crippen LogP contribution in [-0.2, 0) is 11.2 Å². The van der Waals surface area contributed by atoms with Gasteiger partial charge in [-0.1, -0.05) is 24.3 Å². The van der Waals surface area contributed by atoms with Crippen LogP contribution in [0, 0.1) is 0 Å². The second kappa shape index (κ2) is 7.07. The zero-order valence-electron chi connectivity index (χ0n) is 13.5. The van der Waals surface area contributed by atoms with Crippen LogP contribution in [-0.4, -0.2) is 24.8 Å². The lowest BCUT2D eigenvalue weighted by Crippen LogP contribution is -2.49. The van der Waals surface area contributed by atoms with Crippen LogP contribution in [0.4, 0.5) is 23.7 Å². The largest absolute Gasteiger partial charge is 0.573 e. The van der Waals surface area contributed by atoms with E-state index in [0.717, 1.165) is 5.56 Å². The highest BCUT2D eigenvalue weighted by molar-refractivity contribution is 6.05. The first kappa shape index (κ1) is 17.8. The molecule has 0 unspecified atom stereocenters. The molecule has 0 radical (unpaired) electrons. The molecule has 3 rings (SSSR count). The lowest BCUT2D eigenvalue weighted by Gasteiger charge is -2.26. The maximum absolute atomic E-state index is 12.3. The van der Waals surface area contributed by atoms with Crippen LogP contribution >= 0.6 is 0 Å². The molecule has 1 N–H and O–H groups in total. The Morgan fingerprint density at radius 2 is 1.77 bits per heavy atom. The molecule has 26 heavy (non-hydrogen) atoms. The number of anilines is 1. The highest BCUT2D eigenvalue weighted by Gasteiger charge is 2.31. The number of carbonyl (C=O) groups excluding carboxylic acids is 2. The van der Waals surface area contributed by atoms with Crippen molar-refractivity contribution in [3.8, 4) is 5.75 Å². The molecular weight excluding hydrogens is 349 g/mol. The molecule has 1 aliphatic heterocycles. The van der Waals surface area contributed by atoms with Crippen LogP contribution in [0.15, 0.2) is 48.5 Å². The summed E-state index contributed by atoms with van der Waals surface area (Å²) in [5.41, 5.74) is 2.18. The summed E-state index contributed by atoms with van der Waals surface area (Å²) in [6.45, 7) is 0.306. The summed E-state index contributed by atoms with van der Waals surface area (Å²) in [5.74, 6) is -0.565. The van der Waals surface area contributed by atoms with Gasteiger partial charge >= 0.3 is 12.4 Å². The van der Waals surface area contributed by atoms with Crippen molar-refractivity contribution in [1.82, 2.24) is 5.32 Å². The average Bonchev–Trinajstić information content (AvgIpc) is 2.55. The van der Waals surface area contributed by atoms with Crippen molar-refractivity contribution in [1.29, 1.82) is 0 Å². The van der Waals surface area contributed by atoms with Gasteiger partial charge in [0.25, 0.3) is 0 Å². The second-order valence-corrected chi connectivity index (χ2v) is 5.79. The van der Waals surface area contributed by atoms with E-state index in [-0.39, 0.29) is 18.1 Å². The summed E-state index contributed by atoms with van der Waals surface area (Å²) in [6, 6.07) is 12.4. The highest BCUT2D eigenvalue weighted by Crippen LogP contribution is 2.25. The van der Waals surface area contributed by atoms with Gasteiger partial charge in [-0.3, -0.25) is 15.0 Å².